The zero-order chi connectivity index (χ0) is 15.2. The summed E-state index contributed by atoms with van der Waals surface area (Å²) in [4.78, 5) is 8.41. The van der Waals surface area contributed by atoms with Crippen molar-refractivity contribution >= 4 is 17.4 Å². The quantitative estimate of drug-likeness (QED) is 0.856. The monoisotopic (exact) mass is 309 g/mol. The number of hydrogen-bond acceptors (Lipinski definition) is 4. The van der Waals surface area contributed by atoms with Gasteiger partial charge in [0.1, 0.15) is 23.7 Å². The molecule has 6 heteroatoms. The van der Waals surface area contributed by atoms with Crippen molar-refractivity contribution in [2.75, 3.05) is 11.9 Å². The molecule has 1 aromatic carbocycles. The van der Waals surface area contributed by atoms with Crippen molar-refractivity contribution < 1.29 is 9.13 Å². The molecule has 0 aliphatic carbocycles. The van der Waals surface area contributed by atoms with E-state index in [1.54, 1.807) is 0 Å². The summed E-state index contributed by atoms with van der Waals surface area (Å²) < 4.78 is 18.9. The number of benzene rings is 1. The molecule has 0 spiro atoms. The lowest BCUT2D eigenvalue weighted by Crippen LogP contribution is -2.06. The Labute approximate surface area is 128 Å². The lowest BCUT2D eigenvalue weighted by molar-refractivity contribution is 0.453. The lowest BCUT2D eigenvalue weighted by atomic mass is 10.1. The van der Waals surface area contributed by atoms with Crippen LogP contribution in [0, 0.1) is 5.82 Å². The van der Waals surface area contributed by atoms with Gasteiger partial charge in [0.05, 0.1) is 10.6 Å². The van der Waals surface area contributed by atoms with Crippen molar-refractivity contribution in [2.45, 2.75) is 26.7 Å². The van der Waals surface area contributed by atoms with E-state index in [1.165, 1.54) is 24.5 Å². The van der Waals surface area contributed by atoms with Crippen molar-refractivity contribution in [3.63, 3.8) is 0 Å². The third kappa shape index (κ3) is 3.82. The van der Waals surface area contributed by atoms with E-state index >= 15 is 0 Å². The average Bonchev–Trinajstić information content (AvgIpc) is 2.46. The molecular weight excluding hydrogens is 293 g/mol. The molecule has 1 aromatic heterocycles. The van der Waals surface area contributed by atoms with E-state index in [2.05, 4.69) is 22.2 Å². The van der Waals surface area contributed by atoms with Crippen LogP contribution >= 0.6 is 11.6 Å². The third-order valence-electron chi connectivity index (χ3n) is 2.86. The Morgan fingerprint density at radius 2 is 2.10 bits per heavy atom. The van der Waals surface area contributed by atoms with E-state index in [4.69, 9.17) is 16.3 Å². The van der Waals surface area contributed by atoms with Gasteiger partial charge < -0.3 is 10.1 Å². The first-order valence-corrected chi connectivity index (χ1v) is 7.24. The van der Waals surface area contributed by atoms with E-state index in [1.807, 2.05) is 6.92 Å². The maximum Gasteiger partial charge on any atom is 0.227 e. The summed E-state index contributed by atoms with van der Waals surface area (Å²) >= 11 is 5.76. The van der Waals surface area contributed by atoms with Crippen LogP contribution in [0.1, 0.15) is 25.8 Å². The fourth-order valence-corrected chi connectivity index (χ4v) is 2.10. The second-order valence-corrected chi connectivity index (χ2v) is 4.87. The van der Waals surface area contributed by atoms with Crippen LogP contribution < -0.4 is 10.1 Å². The summed E-state index contributed by atoms with van der Waals surface area (Å²) in [5.41, 5.74) is 0.905. The minimum absolute atomic E-state index is 0.0190. The molecule has 21 heavy (non-hydrogen) atoms. The molecule has 0 radical (unpaired) electrons. The van der Waals surface area contributed by atoms with Gasteiger partial charge in [-0.3, -0.25) is 0 Å². The number of nitrogens with zero attached hydrogens (tertiary/aromatic N) is 2. The predicted octanol–water partition coefficient (Wildman–Crippen LogP) is 4.45. The van der Waals surface area contributed by atoms with E-state index < -0.39 is 5.82 Å². The van der Waals surface area contributed by atoms with Crippen LogP contribution in [0.4, 0.5) is 10.2 Å². The number of ether oxygens (including phenoxy) is 1. The normalized spacial score (nSPS) is 10.5. The maximum atomic E-state index is 13.2. The van der Waals surface area contributed by atoms with Gasteiger partial charge in [-0.25, -0.2) is 14.4 Å². The van der Waals surface area contributed by atoms with E-state index in [9.17, 15) is 4.39 Å². The molecular formula is C15H17ClFN3O. The Hall–Kier alpha value is -1.88. The fraction of sp³-hybridized carbons (Fsp3) is 0.333. The second-order valence-electron chi connectivity index (χ2n) is 4.46. The molecule has 1 N–H and O–H groups in total. The summed E-state index contributed by atoms with van der Waals surface area (Å²) in [6.07, 6.45) is 3.16. The molecule has 0 amide bonds. The molecule has 2 rings (SSSR count). The Morgan fingerprint density at radius 1 is 1.29 bits per heavy atom. The standard InChI is InChI=1S/C15H17ClFN3O/c1-3-5-11-14(18-4-2)19-9-20-15(11)21-10-6-7-13(17)12(16)8-10/h6-9H,3-5H2,1-2H3,(H,18,19,20). The van der Waals surface area contributed by atoms with Gasteiger partial charge in [-0.2, -0.15) is 0 Å². The highest BCUT2D eigenvalue weighted by molar-refractivity contribution is 6.30. The van der Waals surface area contributed by atoms with Crippen LogP contribution in [-0.2, 0) is 6.42 Å². The van der Waals surface area contributed by atoms with Crippen molar-refractivity contribution in [1.29, 1.82) is 0 Å². The van der Waals surface area contributed by atoms with Crippen molar-refractivity contribution in [3.8, 4) is 11.6 Å². The zero-order valence-electron chi connectivity index (χ0n) is 12.0. The SMILES string of the molecule is CCCc1c(NCC)ncnc1Oc1ccc(F)c(Cl)c1. The first-order valence-electron chi connectivity index (χ1n) is 6.86. The Kier molecular flexibility index (Phi) is 5.33. The van der Waals surface area contributed by atoms with Crippen molar-refractivity contribution in [1.82, 2.24) is 9.97 Å². The molecule has 0 aliphatic rings. The molecule has 0 aliphatic heterocycles. The van der Waals surface area contributed by atoms with Crippen molar-refractivity contribution in [3.05, 3.63) is 40.9 Å². The number of halogens is 2. The molecule has 0 bridgehead atoms. The Balaban J connectivity index is 2.33. The lowest BCUT2D eigenvalue weighted by Gasteiger charge is -2.13. The third-order valence-corrected chi connectivity index (χ3v) is 3.15. The molecule has 0 unspecified atom stereocenters. The highest BCUT2D eigenvalue weighted by Gasteiger charge is 2.13. The van der Waals surface area contributed by atoms with Crippen LogP contribution in [0.25, 0.3) is 0 Å². The minimum Gasteiger partial charge on any atom is -0.438 e. The molecule has 0 saturated heterocycles. The van der Waals surface area contributed by atoms with Crippen LogP contribution in [0.5, 0.6) is 11.6 Å². The summed E-state index contributed by atoms with van der Waals surface area (Å²) in [6, 6.07) is 4.22. The summed E-state index contributed by atoms with van der Waals surface area (Å²) in [5.74, 6) is 1.19. The van der Waals surface area contributed by atoms with Crippen LogP contribution in [0.15, 0.2) is 24.5 Å². The molecule has 4 nitrogen and oxygen atoms in total. The first-order chi connectivity index (χ1) is 10.2. The molecule has 112 valence electrons. The zero-order valence-corrected chi connectivity index (χ0v) is 12.7. The Morgan fingerprint density at radius 3 is 2.76 bits per heavy atom. The highest BCUT2D eigenvalue weighted by atomic mass is 35.5. The largest absolute Gasteiger partial charge is 0.438 e. The van der Waals surface area contributed by atoms with Crippen LogP contribution in [0.3, 0.4) is 0 Å². The molecule has 2 aromatic rings. The predicted molar refractivity (Wildman–Crippen MR) is 81.7 cm³/mol. The Bertz CT molecular complexity index is 622. The smallest absolute Gasteiger partial charge is 0.227 e. The average molecular weight is 310 g/mol. The second kappa shape index (κ2) is 7.22. The van der Waals surface area contributed by atoms with Gasteiger partial charge in [-0.15, -0.1) is 0 Å². The molecule has 0 atom stereocenters. The van der Waals surface area contributed by atoms with Gasteiger partial charge >= 0.3 is 0 Å². The topological polar surface area (TPSA) is 47.0 Å². The summed E-state index contributed by atoms with van der Waals surface area (Å²) in [7, 11) is 0. The number of aromatic nitrogens is 2. The van der Waals surface area contributed by atoms with Gasteiger partial charge in [-0.05, 0) is 25.5 Å². The number of hydrogen-bond donors (Lipinski definition) is 1. The van der Waals surface area contributed by atoms with E-state index in [0.717, 1.165) is 30.8 Å². The fourth-order valence-electron chi connectivity index (χ4n) is 1.93. The summed E-state index contributed by atoms with van der Waals surface area (Å²) in [5, 5.41) is 3.21. The van der Waals surface area contributed by atoms with Gasteiger partial charge in [0, 0.05) is 12.6 Å². The number of rotatable bonds is 6. The molecule has 1 heterocycles. The van der Waals surface area contributed by atoms with E-state index in [0.29, 0.717) is 11.6 Å². The van der Waals surface area contributed by atoms with Crippen LogP contribution in [-0.4, -0.2) is 16.5 Å². The first kappa shape index (κ1) is 15.5. The van der Waals surface area contributed by atoms with Crippen molar-refractivity contribution in [2.24, 2.45) is 0 Å². The minimum atomic E-state index is -0.478. The van der Waals surface area contributed by atoms with Gasteiger partial charge in [0.15, 0.2) is 0 Å². The molecule has 0 fully saturated rings. The van der Waals surface area contributed by atoms with Gasteiger partial charge in [0.25, 0.3) is 0 Å². The maximum absolute atomic E-state index is 13.2. The number of anilines is 1. The number of nitrogens with one attached hydrogen (secondary N) is 1. The summed E-state index contributed by atoms with van der Waals surface area (Å²) in [6.45, 7) is 4.83. The van der Waals surface area contributed by atoms with Crippen LogP contribution in [0.2, 0.25) is 5.02 Å². The van der Waals surface area contributed by atoms with Gasteiger partial charge in [-0.1, -0.05) is 24.9 Å². The van der Waals surface area contributed by atoms with Gasteiger partial charge in [0.2, 0.25) is 5.88 Å². The van der Waals surface area contributed by atoms with E-state index in [-0.39, 0.29) is 5.02 Å². The highest BCUT2D eigenvalue weighted by Crippen LogP contribution is 2.30. The molecule has 0 saturated carbocycles.